The van der Waals surface area contributed by atoms with Gasteiger partial charge in [-0.05, 0) is 30.4 Å². The number of rotatable bonds is 2. The Morgan fingerprint density at radius 2 is 2.14 bits per heavy atom. The van der Waals surface area contributed by atoms with E-state index >= 15 is 0 Å². The maximum Gasteiger partial charge on any atom is 0.321 e. The molecule has 1 heterocycles. The fourth-order valence-corrected chi connectivity index (χ4v) is 3.96. The zero-order valence-electron chi connectivity index (χ0n) is 13.0. The number of hydrogen-bond acceptors (Lipinski definition) is 5. The lowest BCUT2D eigenvalue weighted by molar-refractivity contribution is -0.149. The predicted molar refractivity (Wildman–Crippen MR) is 79.7 cm³/mol. The van der Waals surface area contributed by atoms with Gasteiger partial charge in [-0.2, -0.15) is 0 Å². The van der Waals surface area contributed by atoms with Crippen LogP contribution in [0.25, 0.3) is 0 Å². The Kier molecular flexibility index (Phi) is 3.51. The third-order valence-electron chi connectivity index (χ3n) is 4.77. The Bertz CT molecular complexity index is 679. The number of carbonyl (C=O) groups excluding carboxylic acids is 2. The Balaban J connectivity index is 2.28. The molecule has 5 heteroatoms. The molecular weight excluding hydrogens is 282 g/mol. The zero-order chi connectivity index (χ0) is 15.9. The molecule has 0 aliphatic heterocycles. The number of pyridine rings is 1. The van der Waals surface area contributed by atoms with Gasteiger partial charge >= 0.3 is 5.97 Å². The maximum atomic E-state index is 12.7. The first kappa shape index (κ1) is 14.8. The Hall–Kier alpha value is -2.17. The van der Waals surface area contributed by atoms with Crippen molar-refractivity contribution in [2.24, 2.45) is 5.92 Å². The van der Waals surface area contributed by atoms with Gasteiger partial charge in [0.1, 0.15) is 11.2 Å². The molecule has 0 radical (unpaired) electrons. The molecule has 1 saturated carbocycles. The molecule has 2 aliphatic carbocycles. The molecule has 2 bridgehead atoms. The van der Waals surface area contributed by atoms with Crippen molar-refractivity contribution in [3.8, 4) is 5.88 Å². The van der Waals surface area contributed by atoms with Gasteiger partial charge in [0.2, 0.25) is 5.88 Å². The molecule has 2 aliphatic rings. The molecule has 1 fully saturated rings. The lowest BCUT2D eigenvalue weighted by Crippen LogP contribution is -2.50. The van der Waals surface area contributed by atoms with Crippen LogP contribution in [-0.2, 0) is 26.2 Å². The molecule has 3 rings (SSSR count). The van der Waals surface area contributed by atoms with E-state index in [0.717, 1.165) is 16.8 Å². The molecule has 0 spiro atoms. The smallest absolute Gasteiger partial charge is 0.321 e. The molecule has 116 valence electrons. The second-order valence-corrected chi connectivity index (χ2v) is 5.81. The minimum Gasteiger partial charge on any atom is -0.481 e. The first-order valence-corrected chi connectivity index (χ1v) is 7.38. The van der Waals surface area contributed by atoms with E-state index in [2.05, 4.69) is 4.98 Å². The van der Waals surface area contributed by atoms with Crippen molar-refractivity contribution >= 4 is 11.8 Å². The van der Waals surface area contributed by atoms with Crippen molar-refractivity contribution in [1.29, 1.82) is 0 Å². The number of fused-ring (bicyclic) bond motifs is 4. The van der Waals surface area contributed by atoms with Crippen LogP contribution >= 0.6 is 0 Å². The van der Waals surface area contributed by atoms with E-state index in [4.69, 9.17) is 9.47 Å². The van der Waals surface area contributed by atoms with Crippen molar-refractivity contribution in [3.63, 3.8) is 0 Å². The summed E-state index contributed by atoms with van der Waals surface area (Å²) < 4.78 is 10.3. The number of hydrogen-bond donors (Lipinski definition) is 0. The maximum absolute atomic E-state index is 12.7. The number of esters is 1. The van der Waals surface area contributed by atoms with Crippen LogP contribution in [0.5, 0.6) is 5.88 Å². The highest BCUT2D eigenvalue weighted by Gasteiger charge is 2.55. The fourth-order valence-electron chi connectivity index (χ4n) is 3.96. The minimum absolute atomic E-state index is 0.0115. The number of ketones is 1. The molecule has 22 heavy (non-hydrogen) atoms. The summed E-state index contributed by atoms with van der Waals surface area (Å²) >= 11 is 0. The number of methoxy groups -OCH3 is 2. The molecular formula is C17H19NO4. The monoisotopic (exact) mass is 301 g/mol. The van der Waals surface area contributed by atoms with Gasteiger partial charge in [-0.1, -0.05) is 12.1 Å². The number of carbonyl (C=O) groups is 2. The van der Waals surface area contributed by atoms with Crippen LogP contribution in [0.2, 0.25) is 0 Å². The van der Waals surface area contributed by atoms with Gasteiger partial charge in [-0.3, -0.25) is 9.59 Å². The highest BCUT2D eigenvalue weighted by molar-refractivity contribution is 5.97. The summed E-state index contributed by atoms with van der Waals surface area (Å²) in [4.78, 5) is 29.4. The standard InChI is InChI=1S/C17H19NO4/c1-4-12-10-7-11(19)9-17(12,16(20)22-3)13-5-6-15(21-2)18-14(13)8-10/h4-6,10H,7-9H2,1-3H3/b12-4+. The quantitative estimate of drug-likeness (QED) is 0.617. The van der Waals surface area contributed by atoms with Gasteiger partial charge in [-0.25, -0.2) is 4.98 Å². The fraction of sp³-hybridized carbons (Fsp3) is 0.471. The van der Waals surface area contributed by atoms with Crippen molar-refractivity contribution in [1.82, 2.24) is 4.98 Å². The first-order chi connectivity index (χ1) is 10.6. The second-order valence-electron chi connectivity index (χ2n) is 5.81. The van der Waals surface area contributed by atoms with Crippen molar-refractivity contribution in [2.75, 3.05) is 14.2 Å². The summed E-state index contributed by atoms with van der Waals surface area (Å²) in [6, 6.07) is 3.58. The highest BCUT2D eigenvalue weighted by atomic mass is 16.5. The predicted octanol–water partition coefficient (Wildman–Crippen LogP) is 1.98. The summed E-state index contributed by atoms with van der Waals surface area (Å²) in [7, 11) is 2.93. The van der Waals surface area contributed by atoms with E-state index in [9.17, 15) is 9.59 Å². The van der Waals surface area contributed by atoms with Crippen LogP contribution in [-0.4, -0.2) is 31.0 Å². The van der Waals surface area contributed by atoms with E-state index in [1.807, 2.05) is 19.1 Å². The van der Waals surface area contributed by atoms with E-state index in [-0.39, 0.29) is 24.1 Å². The number of ether oxygens (including phenoxy) is 2. The Labute approximate surface area is 129 Å². The van der Waals surface area contributed by atoms with Gasteiger partial charge < -0.3 is 9.47 Å². The first-order valence-electron chi connectivity index (χ1n) is 7.38. The molecule has 5 nitrogen and oxygen atoms in total. The molecule has 0 amide bonds. The van der Waals surface area contributed by atoms with Crippen LogP contribution in [0.15, 0.2) is 23.8 Å². The summed E-state index contributed by atoms with van der Waals surface area (Å²) in [5.41, 5.74) is 1.57. The number of nitrogens with zero attached hydrogens (tertiary/aromatic N) is 1. The zero-order valence-corrected chi connectivity index (χ0v) is 13.0. The van der Waals surface area contributed by atoms with Crippen LogP contribution in [0.1, 0.15) is 31.0 Å². The van der Waals surface area contributed by atoms with Crippen molar-refractivity contribution in [2.45, 2.75) is 31.6 Å². The third-order valence-corrected chi connectivity index (χ3v) is 4.77. The summed E-state index contributed by atoms with van der Waals surface area (Å²) in [5, 5.41) is 0. The van der Waals surface area contributed by atoms with Crippen LogP contribution in [0.3, 0.4) is 0 Å². The van der Waals surface area contributed by atoms with Gasteiger partial charge in [0.25, 0.3) is 0 Å². The lowest BCUT2D eigenvalue weighted by atomic mass is 9.57. The van der Waals surface area contributed by atoms with E-state index in [1.54, 1.807) is 13.2 Å². The average Bonchev–Trinajstić information content (AvgIpc) is 2.52. The normalized spacial score (nSPS) is 28.2. The third kappa shape index (κ3) is 1.88. The Morgan fingerprint density at radius 1 is 1.36 bits per heavy atom. The second kappa shape index (κ2) is 5.23. The van der Waals surface area contributed by atoms with Gasteiger partial charge in [0.15, 0.2) is 0 Å². The number of allylic oxidation sites excluding steroid dienone is 1. The molecule has 0 N–H and O–H groups in total. The average molecular weight is 301 g/mol. The number of Topliss-reactive ketones (excluding diaryl/α,β-unsaturated/α-hetero) is 1. The molecule has 2 unspecified atom stereocenters. The Morgan fingerprint density at radius 3 is 2.77 bits per heavy atom. The summed E-state index contributed by atoms with van der Waals surface area (Å²) in [5.74, 6) is 0.249. The minimum atomic E-state index is -1.02. The molecule has 0 aromatic carbocycles. The van der Waals surface area contributed by atoms with Crippen LogP contribution in [0, 0.1) is 5.92 Å². The summed E-state index contributed by atoms with van der Waals surface area (Å²) in [6.45, 7) is 1.91. The molecule has 1 aromatic rings. The molecule has 0 saturated heterocycles. The SMILES string of the molecule is C/C=C1\C2CC(=O)CC1(C(=O)OC)c1ccc(OC)nc1C2. The van der Waals surface area contributed by atoms with Gasteiger partial charge in [-0.15, -0.1) is 0 Å². The number of aromatic nitrogens is 1. The summed E-state index contributed by atoms with van der Waals surface area (Å²) in [6.07, 6.45) is 3.21. The largest absolute Gasteiger partial charge is 0.481 e. The molecule has 1 aromatic heterocycles. The van der Waals surface area contributed by atoms with Crippen LogP contribution < -0.4 is 4.74 Å². The van der Waals surface area contributed by atoms with Crippen molar-refractivity contribution in [3.05, 3.63) is 35.0 Å². The van der Waals surface area contributed by atoms with E-state index < -0.39 is 5.41 Å². The van der Waals surface area contributed by atoms with Crippen LogP contribution in [0.4, 0.5) is 0 Å². The topological polar surface area (TPSA) is 65.5 Å². The molecule has 2 atom stereocenters. The lowest BCUT2D eigenvalue weighted by Gasteiger charge is -2.45. The highest BCUT2D eigenvalue weighted by Crippen LogP contribution is 2.51. The van der Waals surface area contributed by atoms with Gasteiger partial charge in [0.05, 0.1) is 14.2 Å². The van der Waals surface area contributed by atoms with Gasteiger partial charge in [0, 0.05) is 24.6 Å². The van der Waals surface area contributed by atoms with E-state index in [0.29, 0.717) is 18.7 Å². The van der Waals surface area contributed by atoms with E-state index in [1.165, 1.54) is 7.11 Å². The van der Waals surface area contributed by atoms with Crippen molar-refractivity contribution < 1.29 is 19.1 Å².